The van der Waals surface area contributed by atoms with Crippen LogP contribution in [-0.4, -0.2) is 30.3 Å². The van der Waals surface area contributed by atoms with Crippen molar-refractivity contribution >= 4 is 24.2 Å². The summed E-state index contributed by atoms with van der Waals surface area (Å²) in [6, 6.07) is 22.4. The maximum Gasteiger partial charge on any atom is 0.336 e. The van der Waals surface area contributed by atoms with Crippen molar-refractivity contribution in [3.8, 4) is 11.5 Å². The monoisotopic (exact) mass is 430 g/mol. The molecule has 32 heavy (non-hydrogen) atoms. The predicted molar refractivity (Wildman–Crippen MR) is 121 cm³/mol. The fourth-order valence-corrected chi connectivity index (χ4v) is 2.71. The summed E-state index contributed by atoms with van der Waals surface area (Å²) in [7, 11) is 1.59. The zero-order valence-electron chi connectivity index (χ0n) is 17.3. The molecule has 0 bridgehead atoms. The third-order valence-corrected chi connectivity index (χ3v) is 4.36. The second kappa shape index (κ2) is 11.2. The number of hydrogen-bond acceptors (Lipinski definition) is 6. The molecule has 7 nitrogen and oxygen atoms in total. The lowest BCUT2D eigenvalue weighted by Crippen LogP contribution is -2.25. The lowest BCUT2D eigenvalue weighted by molar-refractivity contribution is -0.130. The van der Waals surface area contributed by atoms with Crippen LogP contribution in [0, 0.1) is 0 Å². The summed E-state index contributed by atoms with van der Waals surface area (Å²) in [6.45, 7) is 0. The average Bonchev–Trinajstić information content (AvgIpc) is 2.83. The van der Waals surface area contributed by atoms with E-state index in [-0.39, 0.29) is 0 Å². The van der Waals surface area contributed by atoms with Crippen LogP contribution in [0.1, 0.15) is 22.8 Å². The Kier molecular flexibility index (Phi) is 7.89. The van der Waals surface area contributed by atoms with Crippen molar-refractivity contribution < 1.29 is 24.2 Å². The highest BCUT2D eigenvalue weighted by molar-refractivity contribution is 5.89. The summed E-state index contributed by atoms with van der Waals surface area (Å²) in [4.78, 5) is 24.1. The van der Waals surface area contributed by atoms with Crippen molar-refractivity contribution in [2.75, 3.05) is 7.11 Å². The number of esters is 1. The van der Waals surface area contributed by atoms with E-state index in [9.17, 15) is 14.7 Å². The predicted octanol–water partition coefficient (Wildman–Crippen LogP) is 3.50. The number of hydrogen-bond donors (Lipinski definition) is 2. The standard InChI is InChI=1S/C25H22N2O5/c1-31-21-13-10-18(11-14-21)12-15-23(28)32-22-9-5-6-19(16-22)17-26-27-25(30)24(29)20-7-3-2-4-8-20/h2-17,24,29H,1H3,(H,27,30)/b15-12+,26-17-/t24-/m0/s1. The van der Waals surface area contributed by atoms with Crippen LogP contribution in [0.3, 0.4) is 0 Å². The molecule has 0 saturated carbocycles. The molecule has 0 aliphatic carbocycles. The maximum absolute atomic E-state index is 12.1. The van der Waals surface area contributed by atoms with Crippen LogP contribution < -0.4 is 14.9 Å². The number of methoxy groups -OCH3 is 1. The molecule has 0 aliphatic heterocycles. The van der Waals surface area contributed by atoms with Gasteiger partial charge < -0.3 is 14.6 Å². The van der Waals surface area contributed by atoms with E-state index in [2.05, 4.69) is 10.5 Å². The molecule has 0 saturated heterocycles. The van der Waals surface area contributed by atoms with Gasteiger partial charge in [-0.15, -0.1) is 0 Å². The molecular weight excluding hydrogens is 408 g/mol. The van der Waals surface area contributed by atoms with Crippen LogP contribution in [-0.2, 0) is 9.59 Å². The molecule has 0 unspecified atom stereocenters. The molecule has 162 valence electrons. The minimum absolute atomic E-state index is 0.328. The molecule has 7 heteroatoms. The van der Waals surface area contributed by atoms with Gasteiger partial charge in [-0.25, -0.2) is 10.2 Å². The summed E-state index contributed by atoms with van der Waals surface area (Å²) >= 11 is 0. The van der Waals surface area contributed by atoms with Gasteiger partial charge in [0.15, 0.2) is 6.10 Å². The fraction of sp³-hybridized carbons (Fsp3) is 0.0800. The van der Waals surface area contributed by atoms with E-state index in [0.29, 0.717) is 16.9 Å². The van der Waals surface area contributed by atoms with E-state index in [1.54, 1.807) is 79.9 Å². The van der Waals surface area contributed by atoms with E-state index in [0.717, 1.165) is 11.3 Å². The third-order valence-electron chi connectivity index (χ3n) is 4.36. The van der Waals surface area contributed by atoms with E-state index >= 15 is 0 Å². The van der Waals surface area contributed by atoms with Crippen molar-refractivity contribution in [3.63, 3.8) is 0 Å². The molecule has 0 heterocycles. The number of nitrogens with one attached hydrogen (secondary N) is 1. The Morgan fingerprint density at radius 3 is 2.41 bits per heavy atom. The Bertz CT molecular complexity index is 1110. The highest BCUT2D eigenvalue weighted by atomic mass is 16.5. The van der Waals surface area contributed by atoms with Crippen molar-refractivity contribution in [2.45, 2.75) is 6.10 Å². The lowest BCUT2D eigenvalue weighted by Gasteiger charge is -2.08. The van der Waals surface area contributed by atoms with Gasteiger partial charge in [0, 0.05) is 6.08 Å². The Balaban J connectivity index is 1.54. The molecule has 3 aromatic rings. The minimum Gasteiger partial charge on any atom is -0.497 e. The lowest BCUT2D eigenvalue weighted by atomic mass is 10.1. The number of rotatable bonds is 8. The summed E-state index contributed by atoms with van der Waals surface area (Å²) in [5, 5.41) is 13.9. The number of hydrazone groups is 1. The molecule has 0 spiro atoms. The van der Waals surface area contributed by atoms with Crippen LogP contribution in [0.5, 0.6) is 11.5 Å². The number of aliphatic hydroxyl groups is 1. The largest absolute Gasteiger partial charge is 0.497 e. The normalized spacial score (nSPS) is 11.9. The van der Waals surface area contributed by atoms with Crippen LogP contribution in [0.4, 0.5) is 0 Å². The van der Waals surface area contributed by atoms with Crippen molar-refractivity contribution in [1.82, 2.24) is 5.43 Å². The summed E-state index contributed by atoms with van der Waals surface area (Å²) in [5.41, 5.74) is 4.19. The molecule has 3 rings (SSSR count). The summed E-state index contributed by atoms with van der Waals surface area (Å²) in [6.07, 6.45) is 3.03. The number of carbonyl (C=O) groups excluding carboxylic acids is 2. The van der Waals surface area contributed by atoms with Gasteiger partial charge in [0.2, 0.25) is 0 Å². The Labute approximate surface area is 185 Å². The second-order valence-corrected chi connectivity index (χ2v) is 6.65. The molecule has 1 atom stereocenters. The maximum atomic E-state index is 12.1. The highest BCUT2D eigenvalue weighted by Crippen LogP contribution is 2.15. The first kappa shape index (κ1) is 22.5. The number of ether oxygens (including phenoxy) is 2. The van der Waals surface area contributed by atoms with Gasteiger partial charge in [-0.2, -0.15) is 5.10 Å². The average molecular weight is 430 g/mol. The van der Waals surface area contributed by atoms with Gasteiger partial charge in [-0.05, 0) is 47.0 Å². The molecule has 0 fully saturated rings. The van der Waals surface area contributed by atoms with Gasteiger partial charge in [0.1, 0.15) is 11.5 Å². The first-order valence-corrected chi connectivity index (χ1v) is 9.75. The quantitative estimate of drug-likeness (QED) is 0.187. The number of nitrogens with zero attached hydrogens (tertiary/aromatic N) is 1. The molecule has 1 amide bonds. The molecule has 2 N–H and O–H groups in total. The Hall–Kier alpha value is -4.23. The van der Waals surface area contributed by atoms with Crippen molar-refractivity contribution in [1.29, 1.82) is 0 Å². The smallest absolute Gasteiger partial charge is 0.336 e. The molecular formula is C25H22N2O5. The van der Waals surface area contributed by atoms with Crippen LogP contribution >= 0.6 is 0 Å². The van der Waals surface area contributed by atoms with Gasteiger partial charge in [0.05, 0.1) is 13.3 Å². The van der Waals surface area contributed by atoms with Crippen molar-refractivity contribution in [2.24, 2.45) is 5.10 Å². The van der Waals surface area contributed by atoms with E-state index in [1.165, 1.54) is 12.3 Å². The second-order valence-electron chi connectivity index (χ2n) is 6.65. The third kappa shape index (κ3) is 6.65. The number of amides is 1. The zero-order valence-corrected chi connectivity index (χ0v) is 17.3. The SMILES string of the molecule is COc1ccc(/C=C/C(=O)Oc2cccc(/C=N\NC(=O)[C@@H](O)c3ccccc3)c2)cc1. The molecule has 0 radical (unpaired) electrons. The summed E-state index contributed by atoms with van der Waals surface area (Å²) < 4.78 is 10.4. The van der Waals surface area contributed by atoms with E-state index in [4.69, 9.17) is 9.47 Å². The first-order chi connectivity index (χ1) is 15.5. The fourth-order valence-electron chi connectivity index (χ4n) is 2.71. The summed E-state index contributed by atoms with van der Waals surface area (Å²) in [5.74, 6) is -0.129. The van der Waals surface area contributed by atoms with E-state index in [1.807, 2.05) is 12.1 Å². The van der Waals surface area contributed by atoms with Gasteiger partial charge >= 0.3 is 5.97 Å². The molecule has 0 aliphatic rings. The highest BCUT2D eigenvalue weighted by Gasteiger charge is 2.15. The number of benzene rings is 3. The van der Waals surface area contributed by atoms with Crippen LogP contribution in [0.2, 0.25) is 0 Å². The topological polar surface area (TPSA) is 97.2 Å². The first-order valence-electron chi connectivity index (χ1n) is 9.75. The molecule has 3 aromatic carbocycles. The van der Waals surface area contributed by atoms with E-state index < -0.39 is 18.0 Å². The van der Waals surface area contributed by atoms with Gasteiger partial charge in [0.25, 0.3) is 5.91 Å². The zero-order chi connectivity index (χ0) is 22.8. The number of carbonyl (C=O) groups is 2. The Morgan fingerprint density at radius 2 is 1.69 bits per heavy atom. The van der Waals surface area contributed by atoms with Crippen molar-refractivity contribution in [3.05, 3.63) is 102 Å². The molecule has 0 aromatic heterocycles. The van der Waals surface area contributed by atoms with Gasteiger partial charge in [-0.1, -0.05) is 54.6 Å². The van der Waals surface area contributed by atoms with Gasteiger partial charge in [-0.3, -0.25) is 4.79 Å². The number of aliphatic hydroxyl groups excluding tert-OH is 1. The van der Waals surface area contributed by atoms with Crippen LogP contribution in [0.15, 0.2) is 90.0 Å². The van der Waals surface area contributed by atoms with Crippen LogP contribution in [0.25, 0.3) is 6.08 Å². The Morgan fingerprint density at radius 1 is 0.938 bits per heavy atom. The minimum atomic E-state index is -1.32.